The summed E-state index contributed by atoms with van der Waals surface area (Å²) in [7, 11) is 1.49. The van der Waals surface area contributed by atoms with Gasteiger partial charge >= 0.3 is 0 Å². The van der Waals surface area contributed by atoms with Gasteiger partial charge in [-0.2, -0.15) is 21.1 Å². The molecular formula is C16H15FN4O3S. The summed E-state index contributed by atoms with van der Waals surface area (Å²) in [5.41, 5.74) is 6.31. The Morgan fingerprint density at radius 3 is 2.84 bits per heavy atom. The maximum Gasteiger partial charge on any atom is 0.280 e. The van der Waals surface area contributed by atoms with Gasteiger partial charge in [-0.05, 0) is 18.2 Å². The Hall–Kier alpha value is -2.94. The molecule has 25 heavy (non-hydrogen) atoms. The zero-order chi connectivity index (χ0) is 18.0. The normalized spacial score (nSPS) is 10.8. The first-order valence-electron chi connectivity index (χ1n) is 7.34. The summed E-state index contributed by atoms with van der Waals surface area (Å²) in [6.45, 7) is -0.812. The number of thiophene rings is 1. The lowest BCUT2D eigenvalue weighted by Gasteiger charge is -2.11. The number of nitrogen functional groups attached to an aromatic ring is 1. The molecule has 3 aromatic rings. The summed E-state index contributed by atoms with van der Waals surface area (Å²) < 4.78 is 18.5. The molecule has 0 bridgehead atoms. The van der Waals surface area contributed by atoms with Gasteiger partial charge in [0.2, 0.25) is 0 Å². The minimum atomic E-state index is -0.687. The number of benzene rings is 1. The van der Waals surface area contributed by atoms with E-state index in [4.69, 9.17) is 10.5 Å². The van der Waals surface area contributed by atoms with Crippen molar-refractivity contribution < 1.29 is 13.9 Å². The molecule has 1 aromatic carbocycles. The highest BCUT2D eigenvalue weighted by Gasteiger charge is 2.18. The van der Waals surface area contributed by atoms with Crippen LogP contribution in [-0.2, 0) is 0 Å². The van der Waals surface area contributed by atoms with Crippen LogP contribution in [0, 0.1) is 0 Å². The fourth-order valence-corrected chi connectivity index (χ4v) is 3.21. The van der Waals surface area contributed by atoms with Crippen molar-refractivity contribution in [3.8, 4) is 11.4 Å². The maximum absolute atomic E-state index is 12.7. The highest BCUT2D eigenvalue weighted by Crippen LogP contribution is 2.24. The Bertz CT molecular complexity index is 999. The molecule has 0 aliphatic rings. The lowest BCUT2D eigenvalue weighted by atomic mass is 10.2. The number of nitrogens with zero attached hydrogens (tertiary/aromatic N) is 2. The second-order valence-corrected chi connectivity index (χ2v) is 5.88. The van der Waals surface area contributed by atoms with Gasteiger partial charge in [0, 0.05) is 22.7 Å². The number of alkyl halides is 1. The molecule has 1 amide bonds. The minimum Gasteiger partial charge on any atom is -0.495 e. The Labute approximate surface area is 145 Å². The number of aromatic nitrogens is 2. The topological polar surface area (TPSA) is 99.2 Å². The Morgan fingerprint density at radius 2 is 2.16 bits per heavy atom. The average Bonchev–Trinajstić information content (AvgIpc) is 3.10. The number of methoxy groups -OCH3 is 1. The summed E-state index contributed by atoms with van der Waals surface area (Å²) in [6.07, 6.45) is 0. The Morgan fingerprint density at radius 1 is 1.40 bits per heavy atom. The Balaban J connectivity index is 2.18. The van der Waals surface area contributed by atoms with E-state index in [2.05, 4.69) is 10.4 Å². The van der Waals surface area contributed by atoms with Crippen molar-refractivity contribution in [2.75, 3.05) is 26.1 Å². The predicted molar refractivity (Wildman–Crippen MR) is 94.5 cm³/mol. The van der Waals surface area contributed by atoms with Crippen molar-refractivity contribution in [3.05, 3.63) is 45.0 Å². The predicted octanol–water partition coefficient (Wildman–Crippen LogP) is 1.74. The first-order valence-corrected chi connectivity index (χ1v) is 8.28. The second kappa shape index (κ2) is 6.89. The van der Waals surface area contributed by atoms with Crippen LogP contribution in [0.2, 0.25) is 0 Å². The van der Waals surface area contributed by atoms with Gasteiger partial charge in [-0.25, -0.2) is 4.39 Å². The van der Waals surface area contributed by atoms with Gasteiger partial charge in [-0.3, -0.25) is 9.59 Å². The number of halogens is 1. The third kappa shape index (κ3) is 3.05. The third-order valence-electron chi connectivity index (χ3n) is 3.59. The quantitative estimate of drug-likeness (QED) is 0.674. The van der Waals surface area contributed by atoms with E-state index in [0.717, 1.165) is 4.68 Å². The van der Waals surface area contributed by atoms with Gasteiger partial charge in [-0.15, -0.1) is 0 Å². The summed E-state index contributed by atoms with van der Waals surface area (Å²) >= 11 is 1.28. The first kappa shape index (κ1) is 16.9. The second-order valence-electron chi connectivity index (χ2n) is 5.14. The van der Waals surface area contributed by atoms with Crippen LogP contribution >= 0.6 is 11.3 Å². The smallest absolute Gasteiger partial charge is 0.280 e. The number of anilines is 1. The lowest BCUT2D eigenvalue weighted by Crippen LogP contribution is -2.30. The SMILES string of the molecule is COc1ccc(-n2nc(C(=O)NCCF)c3cscc3c2=O)cc1N. The summed E-state index contributed by atoms with van der Waals surface area (Å²) in [5.74, 6) is -0.0781. The number of carbonyl (C=O) groups excluding carboxylic acids is 1. The van der Waals surface area contributed by atoms with Gasteiger partial charge in [0.25, 0.3) is 11.5 Å². The lowest BCUT2D eigenvalue weighted by molar-refractivity contribution is 0.0946. The number of hydrogen-bond acceptors (Lipinski definition) is 6. The monoisotopic (exact) mass is 362 g/mol. The van der Waals surface area contributed by atoms with Crippen LogP contribution in [0.15, 0.2) is 33.8 Å². The van der Waals surface area contributed by atoms with Crippen molar-refractivity contribution in [3.63, 3.8) is 0 Å². The van der Waals surface area contributed by atoms with Crippen molar-refractivity contribution >= 4 is 33.7 Å². The van der Waals surface area contributed by atoms with Crippen molar-refractivity contribution in [1.82, 2.24) is 15.1 Å². The number of hydrogen-bond donors (Lipinski definition) is 2. The van der Waals surface area contributed by atoms with Crippen molar-refractivity contribution in [2.24, 2.45) is 0 Å². The van der Waals surface area contributed by atoms with E-state index in [9.17, 15) is 14.0 Å². The summed E-state index contributed by atoms with van der Waals surface area (Å²) in [6, 6.07) is 4.76. The summed E-state index contributed by atoms with van der Waals surface area (Å²) in [5, 5.41) is 10.7. The zero-order valence-corrected chi connectivity index (χ0v) is 14.1. The fraction of sp³-hybridized carbons (Fsp3) is 0.188. The van der Waals surface area contributed by atoms with Crippen LogP contribution in [0.25, 0.3) is 16.5 Å². The Kier molecular flexibility index (Phi) is 4.66. The number of nitrogens with one attached hydrogen (secondary N) is 1. The molecule has 7 nitrogen and oxygen atoms in total. The van der Waals surface area contributed by atoms with E-state index in [1.54, 1.807) is 22.9 Å². The molecule has 2 heterocycles. The fourth-order valence-electron chi connectivity index (χ4n) is 2.40. The molecule has 0 atom stereocenters. The van der Waals surface area contributed by atoms with Gasteiger partial charge in [-0.1, -0.05) is 0 Å². The van der Waals surface area contributed by atoms with Crippen LogP contribution in [0.5, 0.6) is 5.75 Å². The van der Waals surface area contributed by atoms with Crippen LogP contribution in [0.1, 0.15) is 10.5 Å². The zero-order valence-electron chi connectivity index (χ0n) is 13.3. The number of rotatable bonds is 5. The number of amides is 1. The highest BCUT2D eigenvalue weighted by atomic mass is 32.1. The number of carbonyl (C=O) groups is 1. The van der Waals surface area contributed by atoms with Gasteiger partial charge in [0.05, 0.1) is 23.9 Å². The van der Waals surface area contributed by atoms with Crippen molar-refractivity contribution in [1.29, 1.82) is 0 Å². The molecule has 0 aliphatic carbocycles. The maximum atomic E-state index is 12.7. The van der Waals surface area contributed by atoms with E-state index in [-0.39, 0.29) is 17.8 Å². The first-order chi connectivity index (χ1) is 12.1. The number of nitrogens with two attached hydrogens (primary N) is 1. The van der Waals surface area contributed by atoms with Gasteiger partial charge in [0.15, 0.2) is 5.69 Å². The van der Waals surface area contributed by atoms with Crippen LogP contribution in [0.3, 0.4) is 0 Å². The molecule has 3 N–H and O–H groups in total. The molecule has 130 valence electrons. The molecule has 9 heteroatoms. The molecule has 0 fully saturated rings. The third-order valence-corrected chi connectivity index (χ3v) is 4.34. The van der Waals surface area contributed by atoms with E-state index in [1.807, 2.05) is 0 Å². The van der Waals surface area contributed by atoms with E-state index in [0.29, 0.717) is 27.9 Å². The summed E-state index contributed by atoms with van der Waals surface area (Å²) in [4.78, 5) is 25.0. The largest absolute Gasteiger partial charge is 0.495 e. The molecule has 0 saturated heterocycles. The molecular weight excluding hydrogens is 347 g/mol. The molecule has 0 aliphatic heterocycles. The molecule has 0 spiro atoms. The molecule has 3 rings (SSSR count). The minimum absolute atomic E-state index is 0.0543. The van der Waals surface area contributed by atoms with E-state index in [1.165, 1.54) is 24.5 Å². The highest BCUT2D eigenvalue weighted by molar-refractivity contribution is 7.09. The molecule has 0 radical (unpaired) electrons. The molecule has 0 unspecified atom stereocenters. The van der Waals surface area contributed by atoms with Crippen molar-refractivity contribution in [2.45, 2.75) is 0 Å². The van der Waals surface area contributed by atoms with Gasteiger partial charge in [0.1, 0.15) is 12.4 Å². The molecule has 2 aromatic heterocycles. The number of ether oxygens (including phenoxy) is 1. The number of fused-ring (bicyclic) bond motifs is 1. The van der Waals surface area contributed by atoms with E-state index >= 15 is 0 Å². The van der Waals surface area contributed by atoms with Crippen LogP contribution in [0.4, 0.5) is 10.1 Å². The average molecular weight is 362 g/mol. The van der Waals surface area contributed by atoms with E-state index < -0.39 is 12.6 Å². The van der Waals surface area contributed by atoms with Gasteiger partial charge < -0.3 is 15.8 Å². The van der Waals surface area contributed by atoms with Crippen LogP contribution < -0.4 is 21.3 Å². The molecule has 0 saturated carbocycles. The standard InChI is InChI=1S/C16H15FN4O3S/c1-24-13-3-2-9(6-12(13)18)21-16(23)11-8-25-7-10(11)14(20-21)15(22)19-5-4-17/h2-3,6-8H,4-5,18H2,1H3,(H,19,22). The van der Waals surface area contributed by atoms with Crippen LogP contribution in [-0.4, -0.2) is 36.0 Å².